The van der Waals surface area contributed by atoms with Gasteiger partial charge in [-0.2, -0.15) is 0 Å². The molecule has 1 atom stereocenters. The molecule has 1 unspecified atom stereocenters. The van der Waals surface area contributed by atoms with Gasteiger partial charge in [0.1, 0.15) is 22.6 Å². The molecule has 0 fully saturated rings. The van der Waals surface area contributed by atoms with Gasteiger partial charge >= 0.3 is 17.9 Å². The first-order valence-corrected chi connectivity index (χ1v) is 12.0. The zero-order valence-electron chi connectivity index (χ0n) is 22.7. The van der Waals surface area contributed by atoms with E-state index in [1.165, 1.54) is 0 Å². The molecular formula is C27H43NO7. The largest absolute Gasteiger partial charge is 0.508 e. The van der Waals surface area contributed by atoms with Gasteiger partial charge in [-0.05, 0) is 99.3 Å². The van der Waals surface area contributed by atoms with E-state index in [4.69, 9.17) is 19.9 Å². The van der Waals surface area contributed by atoms with E-state index in [9.17, 15) is 19.5 Å². The second kappa shape index (κ2) is 11.4. The summed E-state index contributed by atoms with van der Waals surface area (Å²) in [6, 6.07) is 6.78. The maximum absolute atomic E-state index is 13.2. The number of hydrogen-bond acceptors (Lipinski definition) is 8. The highest BCUT2D eigenvalue weighted by Crippen LogP contribution is 2.29. The fourth-order valence-corrected chi connectivity index (χ4v) is 3.28. The summed E-state index contributed by atoms with van der Waals surface area (Å²) in [7, 11) is 0. The molecule has 0 saturated heterocycles. The number of carbonyl (C=O) groups excluding carboxylic acids is 3. The van der Waals surface area contributed by atoms with Crippen molar-refractivity contribution >= 4 is 17.9 Å². The molecule has 0 aliphatic heterocycles. The van der Waals surface area contributed by atoms with Crippen LogP contribution in [-0.4, -0.2) is 45.4 Å². The second-order valence-electron chi connectivity index (χ2n) is 12.0. The van der Waals surface area contributed by atoms with Gasteiger partial charge in [-0.3, -0.25) is 4.79 Å². The van der Waals surface area contributed by atoms with Gasteiger partial charge in [-0.25, -0.2) is 9.59 Å². The summed E-state index contributed by atoms with van der Waals surface area (Å²) in [5, 5.41) is 9.48. The lowest BCUT2D eigenvalue weighted by molar-refractivity contribution is -0.179. The zero-order valence-corrected chi connectivity index (χ0v) is 22.7. The van der Waals surface area contributed by atoms with Crippen LogP contribution in [0.4, 0.5) is 0 Å². The summed E-state index contributed by atoms with van der Waals surface area (Å²) >= 11 is 0. The van der Waals surface area contributed by atoms with Gasteiger partial charge in [0.15, 0.2) is 0 Å². The van der Waals surface area contributed by atoms with Gasteiger partial charge in [0, 0.05) is 6.42 Å². The van der Waals surface area contributed by atoms with E-state index in [0.717, 1.165) is 5.56 Å². The molecule has 1 aromatic rings. The molecule has 1 aromatic carbocycles. The molecule has 0 heterocycles. The van der Waals surface area contributed by atoms with Gasteiger partial charge in [-0.1, -0.05) is 12.1 Å². The number of aromatic hydroxyl groups is 1. The molecule has 0 aromatic heterocycles. The average molecular weight is 494 g/mol. The molecule has 35 heavy (non-hydrogen) atoms. The highest BCUT2D eigenvalue weighted by molar-refractivity contribution is 6.05. The first-order chi connectivity index (χ1) is 15.7. The van der Waals surface area contributed by atoms with Crippen LogP contribution in [0.25, 0.3) is 0 Å². The molecule has 0 radical (unpaired) electrons. The topological polar surface area (TPSA) is 125 Å². The van der Waals surface area contributed by atoms with Gasteiger partial charge in [0.2, 0.25) is 5.54 Å². The molecule has 198 valence electrons. The van der Waals surface area contributed by atoms with Crippen molar-refractivity contribution in [1.29, 1.82) is 0 Å². The minimum absolute atomic E-state index is 0.169. The molecule has 8 nitrogen and oxygen atoms in total. The predicted octanol–water partition coefficient (Wildman–Crippen LogP) is 4.44. The second-order valence-corrected chi connectivity index (χ2v) is 12.0. The Balaban J connectivity index is 3.24. The van der Waals surface area contributed by atoms with E-state index in [1.807, 2.05) is 0 Å². The summed E-state index contributed by atoms with van der Waals surface area (Å²) in [6.45, 7) is 15.3. The third kappa shape index (κ3) is 11.1. The van der Waals surface area contributed by atoms with Crippen LogP contribution in [0.15, 0.2) is 24.3 Å². The lowest BCUT2D eigenvalue weighted by atomic mass is 9.84. The van der Waals surface area contributed by atoms with Crippen LogP contribution in [0.2, 0.25) is 0 Å². The molecule has 0 aliphatic carbocycles. The van der Waals surface area contributed by atoms with E-state index >= 15 is 0 Å². The number of esters is 3. The summed E-state index contributed by atoms with van der Waals surface area (Å²) < 4.78 is 16.5. The van der Waals surface area contributed by atoms with Gasteiger partial charge in [0.05, 0.1) is 5.92 Å². The van der Waals surface area contributed by atoms with Crippen molar-refractivity contribution in [3.8, 4) is 5.75 Å². The molecule has 0 spiro atoms. The summed E-state index contributed by atoms with van der Waals surface area (Å²) in [6.07, 6.45) is 1.19. The van der Waals surface area contributed by atoms with Crippen LogP contribution in [0.5, 0.6) is 5.75 Å². The molecule has 0 amide bonds. The van der Waals surface area contributed by atoms with Crippen molar-refractivity contribution in [1.82, 2.24) is 0 Å². The van der Waals surface area contributed by atoms with Gasteiger partial charge in [-0.15, -0.1) is 0 Å². The number of benzene rings is 1. The quantitative estimate of drug-likeness (QED) is 0.294. The van der Waals surface area contributed by atoms with E-state index in [-0.39, 0.29) is 12.2 Å². The fourth-order valence-electron chi connectivity index (χ4n) is 3.28. The van der Waals surface area contributed by atoms with E-state index < -0.39 is 46.2 Å². The first kappa shape index (κ1) is 30.4. The van der Waals surface area contributed by atoms with Crippen molar-refractivity contribution in [2.75, 3.05) is 0 Å². The molecular weight excluding hydrogens is 450 g/mol. The number of ether oxygens (including phenoxy) is 3. The Morgan fingerprint density at radius 3 is 1.63 bits per heavy atom. The monoisotopic (exact) mass is 493 g/mol. The number of nitrogens with two attached hydrogens (primary N) is 1. The zero-order chi connectivity index (χ0) is 27.2. The van der Waals surface area contributed by atoms with E-state index in [1.54, 1.807) is 86.6 Å². The third-order valence-corrected chi connectivity index (χ3v) is 4.79. The van der Waals surface area contributed by atoms with Gasteiger partial charge in [0.25, 0.3) is 0 Å². The minimum atomic E-state index is -2.19. The molecule has 1 rings (SSSR count). The summed E-state index contributed by atoms with van der Waals surface area (Å²) in [5.74, 6) is -3.14. The maximum Gasteiger partial charge on any atom is 0.338 e. The van der Waals surface area contributed by atoms with Crippen LogP contribution in [-0.2, 0) is 35.0 Å². The molecule has 3 N–H and O–H groups in total. The standard InChI is InChI=1S/C27H43NO7/c1-24(2,3)33-21(30)19(12-10-11-18-13-15-20(29)16-14-18)17-27(28,22(31)34-25(4,5)6)23(32)35-26(7,8)9/h13-16,19,29H,10-12,17,28H2,1-9H3. The van der Waals surface area contributed by atoms with Crippen molar-refractivity contribution in [2.45, 2.75) is 110 Å². The van der Waals surface area contributed by atoms with E-state index in [0.29, 0.717) is 19.3 Å². The minimum Gasteiger partial charge on any atom is -0.508 e. The highest BCUT2D eigenvalue weighted by atomic mass is 16.6. The Kier molecular flexibility index (Phi) is 9.92. The predicted molar refractivity (Wildman–Crippen MR) is 134 cm³/mol. The van der Waals surface area contributed by atoms with Crippen LogP contribution in [0.3, 0.4) is 0 Å². The van der Waals surface area contributed by atoms with Gasteiger partial charge < -0.3 is 25.1 Å². The number of phenolic OH excluding ortho intramolecular Hbond substituents is 1. The Morgan fingerprint density at radius 2 is 1.23 bits per heavy atom. The molecule has 0 aliphatic rings. The maximum atomic E-state index is 13.2. The van der Waals surface area contributed by atoms with Crippen LogP contribution >= 0.6 is 0 Å². The van der Waals surface area contributed by atoms with Crippen molar-refractivity contribution in [2.24, 2.45) is 11.7 Å². The average Bonchev–Trinajstić information content (AvgIpc) is 2.64. The lowest BCUT2D eigenvalue weighted by Gasteiger charge is -2.34. The van der Waals surface area contributed by atoms with Crippen LogP contribution < -0.4 is 5.73 Å². The third-order valence-electron chi connectivity index (χ3n) is 4.79. The normalized spacial score (nSPS) is 13.7. The Bertz CT molecular complexity index is 843. The SMILES string of the molecule is CC(C)(C)OC(=O)C(CCCc1ccc(O)cc1)CC(N)(C(=O)OC(C)(C)C)C(=O)OC(C)(C)C. The Hall–Kier alpha value is -2.61. The van der Waals surface area contributed by atoms with Crippen molar-refractivity contribution < 1.29 is 33.7 Å². The smallest absolute Gasteiger partial charge is 0.338 e. The molecule has 0 saturated carbocycles. The summed E-state index contributed by atoms with van der Waals surface area (Å²) in [5.41, 5.74) is 2.64. The lowest BCUT2D eigenvalue weighted by Crippen LogP contribution is -2.60. The molecule has 0 bridgehead atoms. The fraction of sp³-hybridized carbons (Fsp3) is 0.667. The number of phenols is 1. The van der Waals surface area contributed by atoms with Crippen molar-refractivity contribution in [3.05, 3.63) is 29.8 Å². The van der Waals surface area contributed by atoms with Crippen LogP contribution in [0, 0.1) is 5.92 Å². The first-order valence-electron chi connectivity index (χ1n) is 12.0. The highest BCUT2D eigenvalue weighted by Gasteiger charge is 2.50. The number of rotatable bonds is 9. The number of hydrogen-bond donors (Lipinski definition) is 2. The molecule has 8 heteroatoms. The number of carbonyl (C=O) groups is 3. The summed E-state index contributed by atoms with van der Waals surface area (Å²) in [4.78, 5) is 39.4. The van der Waals surface area contributed by atoms with Crippen LogP contribution in [0.1, 0.15) is 87.1 Å². The Morgan fingerprint density at radius 1 is 0.800 bits per heavy atom. The van der Waals surface area contributed by atoms with Crippen molar-refractivity contribution in [3.63, 3.8) is 0 Å². The van der Waals surface area contributed by atoms with E-state index in [2.05, 4.69) is 0 Å². The Labute approximate surface area is 209 Å². The number of aryl methyl sites for hydroxylation is 1.